The minimum absolute atomic E-state index is 0.0755. The number of carbonyl (C=O) groups excluding carboxylic acids is 2. The molecule has 32 heavy (non-hydrogen) atoms. The second-order valence-electron chi connectivity index (χ2n) is 9.18. The number of hydrogen-bond acceptors (Lipinski definition) is 6. The molecule has 0 aliphatic heterocycles. The Morgan fingerprint density at radius 3 is 2.69 bits per heavy atom. The summed E-state index contributed by atoms with van der Waals surface area (Å²) in [5, 5.41) is 3.10. The van der Waals surface area contributed by atoms with Crippen molar-refractivity contribution in [2.45, 2.75) is 60.0 Å². The number of esters is 1. The molecule has 0 unspecified atom stereocenters. The van der Waals surface area contributed by atoms with Crippen LogP contribution in [0.25, 0.3) is 0 Å². The maximum atomic E-state index is 12.8. The molecule has 0 bridgehead atoms. The molecule has 0 radical (unpaired) electrons. The van der Waals surface area contributed by atoms with Crippen LogP contribution in [-0.4, -0.2) is 18.4 Å². The topological polar surface area (TPSA) is 98.8 Å². The lowest BCUT2D eigenvalue weighted by Crippen LogP contribution is -2.40. The van der Waals surface area contributed by atoms with Gasteiger partial charge in [-0.05, 0) is 61.6 Å². The average Bonchev–Trinajstić information content (AvgIpc) is 3.08. The summed E-state index contributed by atoms with van der Waals surface area (Å²) in [5.41, 5.74) is 1.33. The lowest BCUT2D eigenvalue weighted by atomic mass is 9.70. The van der Waals surface area contributed by atoms with Crippen molar-refractivity contribution in [1.29, 1.82) is 0 Å². The molecular formula is C25H33NO6. The van der Waals surface area contributed by atoms with Gasteiger partial charge < -0.3 is 18.9 Å². The van der Waals surface area contributed by atoms with Gasteiger partial charge in [-0.1, -0.05) is 39.3 Å². The van der Waals surface area contributed by atoms with E-state index < -0.39 is 11.8 Å². The predicted octanol–water partition coefficient (Wildman–Crippen LogP) is 4.27. The van der Waals surface area contributed by atoms with E-state index in [1.54, 1.807) is 25.1 Å². The number of nitrogens with one attached hydrogen (secondary N) is 1. The van der Waals surface area contributed by atoms with Gasteiger partial charge in [-0.3, -0.25) is 4.79 Å². The van der Waals surface area contributed by atoms with E-state index >= 15 is 0 Å². The Morgan fingerprint density at radius 2 is 2.00 bits per heavy atom. The molecule has 1 aliphatic rings. The summed E-state index contributed by atoms with van der Waals surface area (Å²) in [6.07, 6.45) is 3.88. The first-order valence-corrected chi connectivity index (χ1v) is 11.4. The van der Waals surface area contributed by atoms with Crippen molar-refractivity contribution in [3.05, 3.63) is 57.5 Å². The van der Waals surface area contributed by atoms with E-state index in [0.29, 0.717) is 42.0 Å². The molecule has 1 aromatic heterocycles. The summed E-state index contributed by atoms with van der Waals surface area (Å²) in [7, 11) is 0. The van der Waals surface area contributed by atoms with Crippen molar-refractivity contribution in [2.75, 3.05) is 6.54 Å². The van der Waals surface area contributed by atoms with E-state index in [4.69, 9.17) is 13.6 Å². The lowest BCUT2D eigenvalue weighted by Gasteiger charge is -2.36. The summed E-state index contributed by atoms with van der Waals surface area (Å²) >= 11 is 0. The molecule has 1 saturated carbocycles. The number of hydrogen-bond donors (Lipinski definition) is 1. The van der Waals surface area contributed by atoms with Gasteiger partial charge in [-0.2, -0.15) is 0 Å². The standard InChI is InChI=1S/C25H33NO6/c1-15(2)20-9-8-16(3)12-21(20)23(27)26-11-10-18-6-5-7-19(13-18)24(28)30-14-22-17(4)31-25(29)32-22/h5-7,13,15-16,20-21H,8-12,14H2,1-4H3,(H,26,27)/t16-,20+,21-/m1/s1. The lowest BCUT2D eigenvalue weighted by molar-refractivity contribution is -0.129. The summed E-state index contributed by atoms with van der Waals surface area (Å²) in [5.74, 6) is 0.886. The molecule has 3 rings (SSSR count). The number of amides is 1. The Hall–Kier alpha value is -2.83. The molecular weight excluding hydrogens is 410 g/mol. The van der Waals surface area contributed by atoms with Crippen molar-refractivity contribution in [1.82, 2.24) is 5.32 Å². The van der Waals surface area contributed by atoms with Crippen LogP contribution in [0.15, 0.2) is 37.9 Å². The number of carbonyl (C=O) groups is 2. The van der Waals surface area contributed by atoms with Crippen LogP contribution in [0.1, 0.15) is 67.5 Å². The first-order chi connectivity index (χ1) is 15.2. The summed E-state index contributed by atoms with van der Waals surface area (Å²) in [6, 6.07) is 7.13. The number of rotatable bonds is 8. The quantitative estimate of drug-likeness (QED) is 0.612. The molecule has 1 amide bonds. The van der Waals surface area contributed by atoms with Crippen molar-refractivity contribution < 1.29 is 23.2 Å². The average molecular weight is 444 g/mol. The van der Waals surface area contributed by atoms with Gasteiger partial charge in [0.1, 0.15) is 0 Å². The Bertz CT molecular complexity index is 988. The van der Waals surface area contributed by atoms with Crippen LogP contribution in [0.3, 0.4) is 0 Å². The smallest absolute Gasteiger partial charge is 0.454 e. The Balaban J connectivity index is 1.52. The third-order valence-corrected chi connectivity index (χ3v) is 6.40. The molecule has 7 nitrogen and oxygen atoms in total. The highest BCUT2D eigenvalue weighted by Crippen LogP contribution is 2.38. The fourth-order valence-corrected chi connectivity index (χ4v) is 4.54. The normalized spacial score (nSPS) is 20.8. The molecule has 1 aromatic carbocycles. The van der Waals surface area contributed by atoms with Gasteiger partial charge in [0, 0.05) is 12.5 Å². The zero-order chi connectivity index (χ0) is 23.3. The van der Waals surface area contributed by atoms with E-state index in [1.165, 1.54) is 6.42 Å². The van der Waals surface area contributed by atoms with Gasteiger partial charge in [0.05, 0.1) is 5.56 Å². The fourth-order valence-electron chi connectivity index (χ4n) is 4.54. The van der Waals surface area contributed by atoms with Crippen molar-refractivity contribution >= 4 is 11.9 Å². The Labute approximate surface area is 188 Å². The summed E-state index contributed by atoms with van der Waals surface area (Å²) < 4.78 is 14.8. The van der Waals surface area contributed by atoms with Crippen LogP contribution in [0, 0.1) is 30.6 Å². The fraction of sp³-hybridized carbons (Fsp3) is 0.560. The van der Waals surface area contributed by atoms with Gasteiger partial charge in [0.15, 0.2) is 18.1 Å². The monoisotopic (exact) mass is 443 g/mol. The number of ether oxygens (including phenoxy) is 1. The molecule has 7 heteroatoms. The highest BCUT2D eigenvalue weighted by Gasteiger charge is 2.35. The highest BCUT2D eigenvalue weighted by atomic mass is 16.6. The van der Waals surface area contributed by atoms with Crippen LogP contribution < -0.4 is 11.1 Å². The van der Waals surface area contributed by atoms with E-state index in [0.717, 1.165) is 18.4 Å². The van der Waals surface area contributed by atoms with Crippen molar-refractivity contribution in [2.24, 2.45) is 23.7 Å². The molecule has 0 spiro atoms. The molecule has 1 aliphatic carbocycles. The maximum Gasteiger partial charge on any atom is 0.519 e. The minimum Gasteiger partial charge on any atom is -0.454 e. The second-order valence-corrected chi connectivity index (χ2v) is 9.18. The molecule has 1 N–H and O–H groups in total. The highest BCUT2D eigenvalue weighted by molar-refractivity contribution is 5.89. The molecule has 174 valence electrons. The van der Waals surface area contributed by atoms with Crippen LogP contribution in [0.4, 0.5) is 0 Å². The number of benzene rings is 1. The third-order valence-electron chi connectivity index (χ3n) is 6.40. The number of aryl methyl sites for hydroxylation is 1. The van der Waals surface area contributed by atoms with Crippen LogP contribution in [0.5, 0.6) is 0 Å². The van der Waals surface area contributed by atoms with Gasteiger partial charge in [-0.25, -0.2) is 9.59 Å². The molecule has 3 atom stereocenters. The Kier molecular flexibility index (Phi) is 7.94. The zero-order valence-corrected chi connectivity index (χ0v) is 19.3. The minimum atomic E-state index is -0.819. The van der Waals surface area contributed by atoms with Gasteiger partial charge in [0.2, 0.25) is 5.91 Å². The van der Waals surface area contributed by atoms with Gasteiger partial charge >= 0.3 is 11.8 Å². The van der Waals surface area contributed by atoms with E-state index in [9.17, 15) is 14.4 Å². The third kappa shape index (κ3) is 6.11. The molecule has 0 saturated heterocycles. The Morgan fingerprint density at radius 1 is 1.22 bits per heavy atom. The van der Waals surface area contributed by atoms with Gasteiger partial charge in [0.25, 0.3) is 0 Å². The van der Waals surface area contributed by atoms with Crippen molar-refractivity contribution in [3.8, 4) is 0 Å². The molecule has 1 fully saturated rings. The zero-order valence-electron chi connectivity index (χ0n) is 19.3. The summed E-state index contributed by atoms with van der Waals surface area (Å²) in [6.45, 7) is 8.55. The van der Waals surface area contributed by atoms with Crippen LogP contribution in [-0.2, 0) is 22.6 Å². The van der Waals surface area contributed by atoms with E-state index in [-0.39, 0.29) is 24.2 Å². The molecule has 1 heterocycles. The maximum absolute atomic E-state index is 12.8. The first-order valence-electron chi connectivity index (χ1n) is 11.4. The van der Waals surface area contributed by atoms with Gasteiger partial charge in [-0.15, -0.1) is 0 Å². The predicted molar refractivity (Wildman–Crippen MR) is 119 cm³/mol. The van der Waals surface area contributed by atoms with E-state index in [2.05, 4.69) is 26.1 Å². The van der Waals surface area contributed by atoms with E-state index in [1.807, 2.05) is 6.07 Å². The van der Waals surface area contributed by atoms with Crippen LogP contribution in [0.2, 0.25) is 0 Å². The summed E-state index contributed by atoms with van der Waals surface area (Å²) in [4.78, 5) is 36.3. The second kappa shape index (κ2) is 10.7. The van der Waals surface area contributed by atoms with Crippen molar-refractivity contribution in [3.63, 3.8) is 0 Å². The SMILES string of the molecule is Cc1oc(=O)oc1COC(=O)c1cccc(CCNC(=O)[C@@H]2C[C@H](C)CC[C@H]2C(C)C)c1. The first kappa shape index (κ1) is 23.8. The van der Waals surface area contributed by atoms with Crippen LogP contribution >= 0.6 is 0 Å². The largest absolute Gasteiger partial charge is 0.519 e. The molecule has 2 aromatic rings.